The summed E-state index contributed by atoms with van der Waals surface area (Å²) in [5.41, 5.74) is -0.0237. The summed E-state index contributed by atoms with van der Waals surface area (Å²) < 4.78 is 4.81. The highest BCUT2D eigenvalue weighted by molar-refractivity contribution is 6.30. The first-order valence-corrected chi connectivity index (χ1v) is 6.70. The van der Waals surface area contributed by atoms with Crippen LogP contribution in [0.1, 0.15) is 30.6 Å². The van der Waals surface area contributed by atoms with E-state index in [4.69, 9.17) is 16.3 Å². The van der Waals surface area contributed by atoms with E-state index >= 15 is 0 Å². The van der Waals surface area contributed by atoms with Crippen LogP contribution in [-0.2, 0) is 9.53 Å². The van der Waals surface area contributed by atoms with Gasteiger partial charge in [-0.2, -0.15) is 0 Å². The van der Waals surface area contributed by atoms with E-state index in [1.54, 1.807) is 0 Å². The molecule has 0 spiro atoms. The Balaban J connectivity index is 2.41. The molecule has 1 aromatic carbocycles. The molecule has 0 heterocycles. The van der Waals surface area contributed by atoms with Crippen molar-refractivity contribution in [1.82, 2.24) is 5.32 Å². The Bertz CT molecular complexity index is 488. The minimum atomic E-state index is -0.766. The van der Waals surface area contributed by atoms with Crippen LogP contribution in [0.15, 0.2) is 18.2 Å². The molecular weight excluding hydrogens is 282 g/mol. The third kappa shape index (κ3) is 5.48. The first-order chi connectivity index (χ1) is 9.40. The maximum atomic E-state index is 11.7. The van der Waals surface area contributed by atoms with Crippen LogP contribution in [0.2, 0.25) is 5.02 Å². The standard InChI is InChI=1S/C14H18ClNO4/c1-9(2)5-6-16-13(18)8-20-14(19)11-4-3-10(15)7-12(11)17/h3-4,7,9,17H,5-6,8H2,1-2H3,(H,16,18). The number of aromatic hydroxyl groups is 1. The Morgan fingerprint density at radius 2 is 2.10 bits per heavy atom. The lowest BCUT2D eigenvalue weighted by Gasteiger charge is -2.08. The second kappa shape index (κ2) is 7.75. The molecule has 0 saturated carbocycles. The van der Waals surface area contributed by atoms with Crippen LogP contribution in [0.5, 0.6) is 5.75 Å². The van der Waals surface area contributed by atoms with Gasteiger partial charge < -0.3 is 15.2 Å². The molecule has 0 aliphatic heterocycles. The third-order valence-electron chi connectivity index (χ3n) is 2.56. The van der Waals surface area contributed by atoms with Gasteiger partial charge in [0.05, 0.1) is 0 Å². The SMILES string of the molecule is CC(C)CCNC(=O)COC(=O)c1ccc(Cl)cc1O. The van der Waals surface area contributed by atoms with E-state index in [-0.39, 0.29) is 23.8 Å². The Kier molecular flexibility index (Phi) is 6.31. The number of phenols is 1. The summed E-state index contributed by atoms with van der Waals surface area (Å²) >= 11 is 5.66. The zero-order valence-corrected chi connectivity index (χ0v) is 12.2. The Hall–Kier alpha value is -1.75. The van der Waals surface area contributed by atoms with E-state index < -0.39 is 5.97 Å². The maximum Gasteiger partial charge on any atom is 0.342 e. The Labute approximate surface area is 122 Å². The van der Waals surface area contributed by atoms with Crippen LogP contribution in [0.4, 0.5) is 0 Å². The van der Waals surface area contributed by atoms with Crippen LogP contribution < -0.4 is 5.32 Å². The highest BCUT2D eigenvalue weighted by Gasteiger charge is 2.14. The van der Waals surface area contributed by atoms with Crippen LogP contribution in [0, 0.1) is 5.92 Å². The molecule has 0 fully saturated rings. The summed E-state index contributed by atoms with van der Waals surface area (Å²) in [4.78, 5) is 23.1. The number of hydrogen-bond acceptors (Lipinski definition) is 4. The first-order valence-electron chi connectivity index (χ1n) is 6.32. The van der Waals surface area contributed by atoms with Crippen molar-refractivity contribution in [1.29, 1.82) is 0 Å². The lowest BCUT2D eigenvalue weighted by atomic mass is 10.1. The lowest BCUT2D eigenvalue weighted by Crippen LogP contribution is -2.30. The van der Waals surface area contributed by atoms with Crippen molar-refractivity contribution in [3.05, 3.63) is 28.8 Å². The van der Waals surface area contributed by atoms with Gasteiger partial charge in [0.1, 0.15) is 11.3 Å². The van der Waals surface area contributed by atoms with Crippen molar-refractivity contribution in [2.24, 2.45) is 5.92 Å². The van der Waals surface area contributed by atoms with Crippen LogP contribution in [-0.4, -0.2) is 30.1 Å². The summed E-state index contributed by atoms with van der Waals surface area (Å²) in [5, 5.41) is 12.5. The van der Waals surface area contributed by atoms with Gasteiger partial charge in [0.15, 0.2) is 6.61 Å². The molecule has 0 saturated heterocycles. The highest BCUT2D eigenvalue weighted by Crippen LogP contribution is 2.22. The van der Waals surface area contributed by atoms with Gasteiger partial charge in [-0.1, -0.05) is 25.4 Å². The normalized spacial score (nSPS) is 10.4. The molecule has 1 aromatic rings. The number of rotatable bonds is 6. The maximum absolute atomic E-state index is 11.7. The predicted molar refractivity (Wildman–Crippen MR) is 75.9 cm³/mol. The average molecular weight is 300 g/mol. The van der Waals surface area contributed by atoms with Crippen molar-refractivity contribution in [2.45, 2.75) is 20.3 Å². The average Bonchev–Trinajstić information content (AvgIpc) is 2.35. The number of carbonyl (C=O) groups is 2. The van der Waals surface area contributed by atoms with Crippen LogP contribution in [0.25, 0.3) is 0 Å². The zero-order chi connectivity index (χ0) is 15.1. The molecule has 0 bridgehead atoms. The van der Waals surface area contributed by atoms with E-state index in [0.717, 1.165) is 6.42 Å². The fourth-order valence-electron chi connectivity index (χ4n) is 1.44. The summed E-state index contributed by atoms with van der Waals surface area (Å²) in [6, 6.07) is 4.04. The first kappa shape index (κ1) is 16.3. The molecule has 110 valence electrons. The van der Waals surface area contributed by atoms with E-state index in [2.05, 4.69) is 19.2 Å². The summed E-state index contributed by atoms with van der Waals surface area (Å²) in [6.45, 7) is 4.27. The number of halogens is 1. The van der Waals surface area contributed by atoms with Gasteiger partial charge in [0.25, 0.3) is 5.91 Å². The molecule has 0 aliphatic rings. The lowest BCUT2D eigenvalue weighted by molar-refractivity contribution is -0.124. The van der Waals surface area contributed by atoms with Gasteiger partial charge in [0, 0.05) is 11.6 Å². The number of carbonyl (C=O) groups excluding carboxylic acids is 2. The summed E-state index contributed by atoms with van der Waals surface area (Å²) in [7, 11) is 0. The van der Waals surface area contributed by atoms with Gasteiger partial charge in [-0.05, 0) is 30.5 Å². The van der Waals surface area contributed by atoms with Gasteiger partial charge in [-0.3, -0.25) is 4.79 Å². The predicted octanol–water partition coefficient (Wildman–Crippen LogP) is 2.36. The van der Waals surface area contributed by atoms with E-state index in [0.29, 0.717) is 17.5 Å². The number of benzene rings is 1. The smallest absolute Gasteiger partial charge is 0.342 e. The number of hydrogen-bond donors (Lipinski definition) is 2. The molecule has 0 radical (unpaired) electrons. The van der Waals surface area contributed by atoms with Gasteiger partial charge in [-0.25, -0.2) is 4.79 Å². The molecule has 0 atom stereocenters. The van der Waals surface area contributed by atoms with Gasteiger partial charge in [-0.15, -0.1) is 0 Å². The molecule has 0 aliphatic carbocycles. The summed E-state index contributed by atoms with van der Waals surface area (Å²) in [6.07, 6.45) is 0.859. The fraction of sp³-hybridized carbons (Fsp3) is 0.429. The number of esters is 1. The Morgan fingerprint density at radius 1 is 1.40 bits per heavy atom. The monoisotopic (exact) mass is 299 g/mol. The summed E-state index contributed by atoms with van der Waals surface area (Å²) in [5.74, 6) is -0.919. The highest BCUT2D eigenvalue weighted by atomic mass is 35.5. The minimum absolute atomic E-state index is 0.0237. The van der Waals surface area contributed by atoms with Crippen LogP contribution >= 0.6 is 11.6 Å². The molecule has 5 nitrogen and oxygen atoms in total. The molecule has 0 aromatic heterocycles. The second-order valence-corrected chi connectivity index (χ2v) is 5.21. The van der Waals surface area contributed by atoms with E-state index in [9.17, 15) is 14.7 Å². The molecule has 1 amide bonds. The van der Waals surface area contributed by atoms with Gasteiger partial charge in [0.2, 0.25) is 0 Å². The van der Waals surface area contributed by atoms with Crippen molar-refractivity contribution in [3.8, 4) is 5.75 Å². The number of amides is 1. The van der Waals surface area contributed by atoms with Crippen molar-refractivity contribution >= 4 is 23.5 Å². The zero-order valence-electron chi connectivity index (χ0n) is 11.5. The number of phenolic OH excluding ortho intramolecular Hbond substituents is 1. The van der Waals surface area contributed by atoms with Crippen molar-refractivity contribution in [2.75, 3.05) is 13.2 Å². The third-order valence-corrected chi connectivity index (χ3v) is 2.79. The minimum Gasteiger partial charge on any atom is -0.507 e. The molecular formula is C14H18ClNO4. The second-order valence-electron chi connectivity index (χ2n) is 4.77. The Morgan fingerprint density at radius 3 is 2.70 bits per heavy atom. The number of nitrogens with one attached hydrogen (secondary N) is 1. The fourth-order valence-corrected chi connectivity index (χ4v) is 1.60. The quantitative estimate of drug-likeness (QED) is 0.791. The topological polar surface area (TPSA) is 75.6 Å². The van der Waals surface area contributed by atoms with E-state index in [1.807, 2.05) is 0 Å². The molecule has 2 N–H and O–H groups in total. The largest absolute Gasteiger partial charge is 0.507 e. The molecule has 20 heavy (non-hydrogen) atoms. The molecule has 1 rings (SSSR count). The van der Waals surface area contributed by atoms with Gasteiger partial charge >= 0.3 is 5.97 Å². The van der Waals surface area contributed by atoms with Crippen LogP contribution in [0.3, 0.4) is 0 Å². The van der Waals surface area contributed by atoms with Crippen molar-refractivity contribution in [3.63, 3.8) is 0 Å². The van der Waals surface area contributed by atoms with Crippen molar-refractivity contribution < 1.29 is 19.4 Å². The molecule has 0 unspecified atom stereocenters. The molecule has 6 heteroatoms. The number of ether oxygens (including phenoxy) is 1. The van der Waals surface area contributed by atoms with E-state index in [1.165, 1.54) is 18.2 Å².